The zero-order valence-corrected chi connectivity index (χ0v) is 14.0. The first-order valence-corrected chi connectivity index (χ1v) is 8.04. The Kier molecular flexibility index (Phi) is 4.63. The number of ether oxygens (including phenoxy) is 1. The van der Waals surface area contributed by atoms with E-state index in [2.05, 4.69) is 10.3 Å². The lowest BCUT2D eigenvalue weighted by molar-refractivity contribution is 0.0298. The van der Waals surface area contributed by atoms with Crippen LogP contribution in [0, 0.1) is 0 Å². The molecule has 3 rings (SSSR count). The third kappa shape index (κ3) is 3.23. The highest BCUT2D eigenvalue weighted by atomic mass is 35.5. The summed E-state index contributed by atoms with van der Waals surface area (Å²) in [6.07, 6.45) is 0. The topological polar surface area (TPSA) is 60.3 Å². The molecule has 1 amide bonds. The molecule has 0 N–H and O–H groups in total. The van der Waals surface area contributed by atoms with E-state index in [1.165, 1.54) is 0 Å². The van der Waals surface area contributed by atoms with Gasteiger partial charge in [0.05, 0.1) is 24.6 Å². The van der Waals surface area contributed by atoms with Crippen LogP contribution in [0.5, 0.6) is 0 Å². The fourth-order valence-corrected chi connectivity index (χ4v) is 2.77. The van der Waals surface area contributed by atoms with Crippen molar-refractivity contribution in [3.05, 3.63) is 40.7 Å². The third-order valence-electron chi connectivity index (χ3n) is 3.82. The van der Waals surface area contributed by atoms with E-state index in [-0.39, 0.29) is 11.8 Å². The van der Waals surface area contributed by atoms with Gasteiger partial charge in [0.15, 0.2) is 5.69 Å². The number of halogens is 1. The van der Waals surface area contributed by atoms with Crippen LogP contribution < -0.4 is 0 Å². The summed E-state index contributed by atoms with van der Waals surface area (Å²) in [5.41, 5.74) is 2.06. The fraction of sp³-hybridized carbons (Fsp3) is 0.438. The average molecular weight is 335 g/mol. The highest BCUT2D eigenvalue weighted by Crippen LogP contribution is 2.23. The third-order valence-corrected chi connectivity index (χ3v) is 4.08. The minimum atomic E-state index is -0.0859. The Morgan fingerprint density at radius 1 is 1.22 bits per heavy atom. The Balaban J connectivity index is 1.98. The molecule has 2 heterocycles. The summed E-state index contributed by atoms with van der Waals surface area (Å²) in [5.74, 6) is 0.0258. The SMILES string of the molecule is CC(C)c1c(C(=O)N2CCOCC2)nnn1-c1ccc(Cl)cc1. The standard InChI is InChI=1S/C16H19ClN4O2/c1-11(2)15-14(16(22)20-7-9-23-10-8-20)18-19-21(15)13-5-3-12(17)4-6-13/h3-6,11H,7-10H2,1-2H3. The molecule has 7 heteroatoms. The van der Waals surface area contributed by atoms with Gasteiger partial charge >= 0.3 is 0 Å². The molecule has 122 valence electrons. The van der Waals surface area contributed by atoms with Crippen molar-refractivity contribution in [1.29, 1.82) is 0 Å². The molecule has 1 aromatic heterocycles. The molecule has 0 saturated carbocycles. The van der Waals surface area contributed by atoms with Gasteiger partial charge in [-0.05, 0) is 30.2 Å². The molecular weight excluding hydrogens is 316 g/mol. The predicted octanol–water partition coefficient (Wildman–Crippen LogP) is 2.52. The van der Waals surface area contributed by atoms with Crippen molar-refractivity contribution in [3.63, 3.8) is 0 Å². The normalized spacial score (nSPS) is 15.2. The molecule has 0 radical (unpaired) electrons. The highest BCUT2D eigenvalue weighted by molar-refractivity contribution is 6.30. The molecule has 1 aliphatic rings. The zero-order chi connectivity index (χ0) is 16.4. The number of carbonyl (C=O) groups excluding carboxylic acids is 1. The van der Waals surface area contributed by atoms with Crippen molar-refractivity contribution < 1.29 is 9.53 Å². The fourth-order valence-electron chi connectivity index (χ4n) is 2.65. The van der Waals surface area contributed by atoms with E-state index in [0.29, 0.717) is 37.0 Å². The van der Waals surface area contributed by atoms with Gasteiger partial charge in [-0.2, -0.15) is 0 Å². The van der Waals surface area contributed by atoms with Gasteiger partial charge in [0, 0.05) is 18.1 Å². The summed E-state index contributed by atoms with van der Waals surface area (Å²) in [5, 5.41) is 9.01. The van der Waals surface area contributed by atoms with Gasteiger partial charge in [-0.1, -0.05) is 30.7 Å². The van der Waals surface area contributed by atoms with Gasteiger partial charge < -0.3 is 9.64 Å². The second-order valence-corrected chi connectivity index (χ2v) is 6.21. The van der Waals surface area contributed by atoms with E-state index in [1.54, 1.807) is 21.7 Å². The molecule has 1 aromatic carbocycles. The van der Waals surface area contributed by atoms with Crippen LogP contribution in [0.25, 0.3) is 5.69 Å². The molecule has 23 heavy (non-hydrogen) atoms. The second-order valence-electron chi connectivity index (χ2n) is 5.77. The molecule has 6 nitrogen and oxygen atoms in total. The summed E-state index contributed by atoms with van der Waals surface area (Å²) >= 11 is 5.94. The van der Waals surface area contributed by atoms with Crippen molar-refractivity contribution in [3.8, 4) is 5.69 Å². The van der Waals surface area contributed by atoms with Crippen LogP contribution in [0.2, 0.25) is 5.02 Å². The van der Waals surface area contributed by atoms with Crippen LogP contribution in [0.1, 0.15) is 35.9 Å². The van der Waals surface area contributed by atoms with E-state index < -0.39 is 0 Å². The Hall–Kier alpha value is -1.92. The number of rotatable bonds is 3. The molecule has 0 bridgehead atoms. The summed E-state index contributed by atoms with van der Waals surface area (Å²) in [6, 6.07) is 7.33. The molecule has 1 aliphatic heterocycles. The monoisotopic (exact) mass is 334 g/mol. The summed E-state index contributed by atoms with van der Waals surface area (Å²) in [7, 11) is 0. The van der Waals surface area contributed by atoms with E-state index in [0.717, 1.165) is 11.4 Å². The maximum atomic E-state index is 12.8. The Labute approximate surface area is 140 Å². The van der Waals surface area contributed by atoms with Crippen LogP contribution in [-0.4, -0.2) is 52.1 Å². The van der Waals surface area contributed by atoms with Crippen molar-refractivity contribution in [2.24, 2.45) is 0 Å². The van der Waals surface area contributed by atoms with Crippen molar-refractivity contribution >= 4 is 17.5 Å². The maximum absolute atomic E-state index is 12.8. The number of hydrogen-bond acceptors (Lipinski definition) is 4. The number of amides is 1. The molecule has 1 saturated heterocycles. The molecule has 0 spiro atoms. The van der Waals surface area contributed by atoms with Gasteiger partial charge in [-0.25, -0.2) is 4.68 Å². The average Bonchev–Trinajstić information content (AvgIpc) is 3.01. The lowest BCUT2D eigenvalue weighted by atomic mass is 10.1. The maximum Gasteiger partial charge on any atom is 0.276 e. The van der Waals surface area contributed by atoms with Gasteiger partial charge in [0.2, 0.25) is 0 Å². The first kappa shape index (κ1) is 16.0. The van der Waals surface area contributed by atoms with Crippen LogP contribution in [0.3, 0.4) is 0 Å². The molecule has 2 aromatic rings. The Morgan fingerprint density at radius 2 is 1.87 bits per heavy atom. The van der Waals surface area contributed by atoms with E-state index in [4.69, 9.17) is 16.3 Å². The van der Waals surface area contributed by atoms with Crippen LogP contribution in [0.15, 0.2) is 24.3 Å². The number of hydrogen-bond donors (Lipinski definition) is 0. The van der Waals surface area contributed by atoms with Crippen LogP contribution in [-0.2, 0) is 4.74 Å². The minimum Gasteiger partial charge on any atom is -0.378 e. The first-order chi connectivity index (χ1) is 11.1. The molecule has 0 aliphatic carbocycles. The van der Waals surface area contributed by atoms with E-state index in [9.17, 15) is 4.79 Å². The summed E-state index contributed by atoms with van der Waals surface area (Å²) < 4.78 is 7.02. The molecule has 0 atom stereocenters. The summed E-state index contributed by atoms with van der Waals surface area (Å²) in [6.45, 7) is 6.36. The van der Waals surface area contributed by atoms with E-state index in [1.807, 2.05) is 26.0 Å². The predicted molar refractivity (Wildman–Crippen MR) is 87.2 cm³/mol. The lowest BCUT2D eigenvalue weighted by Crippen LogP contribution is -2.41. The van der Waals surface area contributed by atoms with Crippen molar-refractivity contribution in [2.45, 2.75) is 19.8 Å². The Morgan fingerprint density at radius 3 is 2.48 bits per heavy atom. The smallest absolute Gasteiger partial charge is 0.276 e. The van der Waals surface area contributed by atoms with E-state index >= 15 is 0 Å². The number of benzene rings is 1. The molecular formula is C16H19ClN4O2. The minimum absolute atomic E-state index is 0.0859. The Bertz CT molecular complexity index is 691. The van der Waals surface area contributed by atoms with Gasteiger partial charge in [0.25, 0.3) is 5.91 Å². The molecule has 1 fully saturated rings. The zero-order valence-electron chi connectivity index (χ0n) is 13.2. The largest absolute Gasteiger partial charge is 0.378 e. The molecule has 0 unspecified atom stereocenters. The summed E-state index contributed by atoms with van der Waals surface area (Å²) in [4.78, 5) is 14.5. The lowest BCUT2D eigenvalue weighted by Gasteiger charge is -2.26. The second kappa shape index (κ2) is 6.68. The van der Waals surface area contributed by atoms with Gasteiger partial charge in [-0.3, -0.25) is 4.79 Å². The number of nitrogens with zero attached hydrogens (tertiary/aromatic N) is 4. The quantitative estimate of drug-likeness (QED) is 0.865. The van der Waals surface area contributed by atoms with Gasteiger partial charge in [0.1, 0.15) is 0 Å². The van der Waals surface area contributed by atoms with Crippen LogP contribution >= 0.6 is 11.6 Å². The number of carbonyl (C=O) groups is 1. The number of morpholine rings is 1. The van der Waals surface area contributed by atoms with Crippen LogP contribution in [0.4, 0.5) is 0 Å². The first-order valence-electron chi connectivity index (χ1n) is 7.66. The van der Waals surface area contributed by atoms with Crippen molar-refractivity contribution in [2.75, 3.05) is 26.3 Å². The van der Waals surface area contributed by atoms with Gasteiger partial charge in [-0.15, -0.1) is 5.10 Å². The highest BCUT2D eigenvalue weighted by Gasteiger charge is 2.27. The number of aromatic nitrogens is 3. The van der Waals surface area contributed by atoms with Crippen molar-refractivity contribution in [1.82, 2.24) is 19.9 Å².